The van der Waals surface area contributed by atoms with E-state index in [2.05, 4.69) is 33.5 Å². The Morgan fingerprint density at radius 1 is 0.824 bits per heavy atom. The maximum Gasteiger partial charge on any atom is 0.303 e. The first-order chi connectivity index (χ1) is 32.4. The number of aliphatic carboxylic acids is 1. The van der Waals surface area contributed by atoms with Gasteiger partial charge < -0.3 is 63.0 Å². The Morgan fingerprint density at radius 2 is 1.46 bits per heavy atom. The predicted molar refractivity (Wildman–Crippen MR) is 260 cm³/mol. The summed E-state index contributed by atoms with van der Waals surface area (Å²) in [6.07, 6.45) is 1.74. The molecule has 68 heavy (non-hydrogen) atoms. The van der Waals surface area contributed by atoms with Gasteiger partial charge >= 0.3 is 5.97 Å². The molecule has 2 aromatic rings. The number of hydrogen-bond donors (Lipinski definition) is 10. The van der Waals surface area contributed by atoms with Gasteiger partial charge in [0.15, 0.2) is 0 Å². The molecule has 0 saturated carbocycles. The van der Waals surface area contributed by atoms with Gasteiger partial charge in [-0.05, 0) is 86.2 Å². The van der Waals surface area contributed by atoms with E-state index in [9.17, 15) is 48.9 Å². The van der Waals surface area contributed by atoms with Crippen LogP contribution in [0.1, 0.15) is 90.2 Å². The second kappa shape index (κ2) is 29.7. The number of nitrogens with two attached hydrogens (primary N) is 2. The second-order valence-electron chi connectivity index (χ2n) is 17.3. The first-order valence-corrected chi connectivity index (χ1v) is 24.8. The molecule has 1 aliphatic rings. The van der Waals surface area contributed by atoms with Crippen molar-refractivity contribution in [3.63, 3.8) is 0 Å². The minimum Gasteiger partial charge on any atom is -0.508 e. The number of likely N-dealkylation sites (tertiary alicyclic amines) is 1. The highest BCUT2D eigenvalue weighted by molar-refractivity contribution is 7.99. The Balaban J connectivity index is 1.99. The number of ether oxygens (including phenoxy) is 1. The minimum absolute atomic E-state index is 0.00751. The van der Waals surface area contributed by atoms with Gasteiger partial charge in [0, 0.05) is 51.1 Å². The van der Waals surface area contributed by atoms with E-state index in [-0.39, 0.29) is 92.8 Å². The van der Waals surface area contributed by atoms with Crippen LogP contribution in [0.15, 0.2) is 42.5 Å². The number of unbranched alkanes of at least 4 members (excludes halogenated alkanes) is 2. The summed E-state index contributed by atoms with van der Waals surface area (Å²) in [4.78, 5) is 97.2. The number of thioether (sulfide) groups is 1. The Morgan fingerprint density at radius 3 is 2.09 bits per heavy atom. The quantitative estimate of drug-likeness (QED) is 0.0502. The number of halogens is 1. The van der Waals surface area contributed by atoms with E-state index in [1.165, 1.54) is 40.9 Å². The van der Waals surface area contributed by atoms with E-state index in [1.807, 2.05) is 13.8 Å². The number of carbonyl (C=O) groups is 7. The van der Waals surface area contributed by atoms with Gasteiger partial charge in [-0.25, -0.2) is 0 Å². The van der Waals surface area contributed by atoms with Crippen LogP contribution in [0.25, 0.3) is 0 Å². The molecule has 0 spiro atoms. The summed E-state index contributed by atoms with van der Waals surface area (Å²) in [6.45, 7) is 8.40. The number of amides is 6. The van der Waals surface area contributed by atoms with Crippen LogP contribution in [0.5, 0.6) is 11.5 Å². The lowest BCUT2D eigenvalue weighted by molar-refractivity contribution is -0.142. The van der Waals surface area contributed by atoms with E-state index >= 15 is 0 Å². The molecule has 1 fully saturated rings. The van der Waals surface area contributed by atoms with Gasteiger partial charge in [-0.2, -0.15) is 11.8 Å². The van der Waals surface area contributed by atoms with E-state index < -0.39 is 83.8 Å². The summed E-state index contributed by atoms with van der Waals surface area (Å²) in [5.41, 5.74) is 12.7. The molecule has 19 nitrogen and oxygen atoms in total. The number of phenolic OH excluding ortho intramolecular Hbond substituents is 2. The van der Waals surface area contributed by atoms with Gasteiger partial charge in [0.1, 0.15) is 41.7 Å². The average molecular weight is 992 g/mol. The highest BCUT2D eigenvalue weighted by Crippen LogP contribution is 2.26. The molecule has 0 aliphatic carbocycles. The number of carboxylic acid groups (broad SMARTS) is 1. The second-order valence-corrected chi connectivity index (χ2v) is 18.9. The molecule has 1 unspecified atom stereocenters. The van der Waals surface area contributed by atoms with Gasteiger partial charge in [0.25, 0.3) is 0 Å². The molecule has 1 heterocycles. The van der Waals surface area contributed by atoms with Crippen molar-refractivity contribution < 1.29 is 53.6 Å². The van der Waals surface area contributed by atoms with Crippen LogP contribution >= 0.6 is 23.4 Å². The summed E-state index contributed by atoms with van der Waals surface area (Å²) in [6, 6.07) is 3.20. The molecule has 0 radical (unpaired) electrons. The van der Waals surface area contributed by atoms with Crippen molar-refractivity contribution in [3.8, 4) is 11.5 Å². The van der Waals surface area contributed by atoms with Crippen LogP contribution in [-0.2, 0) is 51.1 Å². The molecule has 2 aromatic carbocycles. The lowest BCUT2D eigenvalue weighted by Crippen LogP contribution is -2.60. The van der Waals surface area contributed by atoms with Gasteiger partial charge in [0.05, 0.1) is 17.2 Å². The third-order valence-corrected chi connectivity index (χ3v) is 12.5. The number of nitrogens with zero attached hydrogens (tertiary/aromatic N) is 1. The summed E-state index contributed by atoms with van der Waals surface area (Å²) in [7, 11) is 0. The standard InChI is InChI=1S/C47H71ClN8O11S/c1-5-7-8-20-68-27-38(55-44(63)35(10-9-11-41(59)60)52-45(64)37(53-42(61)34(50)18-19-49)22-29-12-15-31(57)16-13-29)47(66)56-25-32(67-26-28(3)4)24-39(56)46(65)54-36(43(62)51-6-2)23-30-14-17-40(58)33(48)21-30/h12-17,21,28,32,34-39,57-58H,5-11,18-20,22-27,49-50H2,1-4H3,(H,51,62)(H,52,64)(H,53,61)(H,54,65)(H,55,63)(H,59,60)/t32?,34-,35+,36-,37-,38-,39-/m0/s1. The van der Waals surface area contributed by atoms with E-state index in [0.717, 1.165) is 19.3 Å². The van der Waals surface area contributed by atoms with Gasteiger partial charge in [-0.15, -0.1) is 0 Å². The zero-order valence-electron chi connectivity index (χ0n) is 39.5. The van der Waals surface area contributed by atoms with Crippen LogP contribution in [0, 0.1) is 5.92 Å². The number of carboxylic acids is 1. The largest absolute Gasteiger partial charge is 0.508 e. The maximum atomic E-state index is 14.9. The number of carbonyl (C=O) groups excluding carboxylic acids is 6. The topological polar surface area (TPSA) is 305 Å². The summed E-state index contributed by atoms with van der Waals surface area (Å²) in [5.74, 6) is -4.45. The summed E-state index contributed by atoms with van der Waals surface area (Å²) >= 11 is 7.58. The molecule has 6 amide bonds. The summed E-state index contributed by atoms with van der Waals surface area (Å²) < 4.78 is 6.16. The van der Waals surface area contributed by atoms with E-state index in [0.29, 0.717) is 23.5 Å². The lowest BCUT2D eigenvalue weighted by atomic mass is 10.0. The molecule has 378 valence electrons. The van der Waals surface area contributed by atoms with Crippen LogP contribution in [0.2, 0.25) is 5.02 Å². The maximum absolute atomic E-state index is 14.9. The van der Waals surface area contributed by atoms with Crippen LogP contribution in [0.3, 0.4) is 0 Å². The summed E-state index contributed by atoms with van der Waals surface area (Å²) in [5, 5.41) is 43.0. The molecule has 7 atom stereocenters. The van der Waals surface area contributed by atoms with Crippen LogP contribution in [-0.4, -0.2) is 142 Å². The van der Waals surface area contributed by atoms with E-state index in [1.54, 1.807) is 25.1 Å². The molecule has 3 rings (SSSR count). The smallest absolute Gasteiger partial charge is 0.303 e. The molecule has 12 N–H and O–H groups in total. The van der Waals surface area contributed by atoms with Crippen LogP contribution < -0.4 is 38.1 Å². The monoisotopic (exact) mass is 990 g/mol. The van der Waals surface area contributed by atoms with Gasteiger partial charge in [0.2, 0.25) is 35.4 Å². The van der Waals surface area contributed by atoms with Crippen molar-refractivity contribution in [3.05, 3.63) is 58.6 Å². The van der Waals surface area contributed by atoms with E-state index in [4.69, 9.17) is 27.8 Å². The average Bonchev–Trinajstić information content (AvgIpc) is 3.73. The number of nitrogens with one attached hydrogen (secondary N) is 5. The molecular weight excluding hydrogens is 920 g/mol. The third kappa shape index (κ3) is 19.5. The van der Waals surface area contributed by atoms with Gasteiger partial charge in [-0.3, -0.25) is 33.6 Å². The molecule has 1 aliphatic heterocycles. The Kier molecular flexibility index (Phi) is 24.9. The molecule has 21 heteroatoms. The first-order valence-electron chi connectivity index (χ1n) is 23.3. The zero-order valence-corrected chi connectivity index (χ0v) is 41.0. The van der Waals surface area contributed by atoms with Crippen molar-refractivity contribution in [2.45, 2.75) is 134 Å². The number of likely N-dealkylation sites (N-methyl/N-ethyl adjacent to an activating group) is 1. The number of aromatic hydroxyl groups is 2. The van der Waals surface area contributed by atoms with Crippen LogP contribution in [0.4, 0.5) is 0 Å². The van der Waals surface area contributed by atoms with Crippen molar-refractivity contribution in [1.29, 1.82) is 0 Å². The lowest BCUT2D eigenvalue weighted by Gasteiger charge is -2.31. The minimum atomic E-state index is -1.38. The highest BCUT2D eigenvalue weighted by Gasteiger charge is 2.44. The SMILES string of the molecule is CCCCCSC[C@H](NC(=O)[C@@H](CCCC(=O)O)NC(=O)[C@H](Cc1ccc(O)cc1)NC(=O)[C@@H](N)CCN)C(=O)N1CC(OCC(C)C)C[C@H]1C(=O)N[C@@H](Cc1ccc(O)c(Cl)c1)C(=O)NCC. The predicted octanol–water partition coefficient (Wildman–Crippen LogP) is 2.11. The van der Waals surface area contributed by atoms with Crippen molar-refractivity contribution in [2.75, 3.05) is 37.7 Å². The molecule has 0 bridgehead atoms. The zero-order chi connectivity index (χ0) is 50.3. The normalized spacial score (nSPS) is 16.8. The van der Waals surface area contributed by atoms with Crippen molar-refractivity contribution in [2.24, 2.45) is 17.4 Å². The van der Waals surface area contributed by atoms with Gasteiger partial charge in [-0.1, -0.05) is 63.4 Å². The first kappa shape index (κ1) is 57.2. The Labute approximate surface area is 407 Å². The fourth-order valence-electron chi connectivity index (χ4n) is 7.39. The molecular formula is C47H71ClN8O11S. The van der Waals surface area contributed by atoms with Crippen molar-refractivity contribution in [1.82, 2.24) is 31.5 Å². The highest BCUT2D eigenvalue weighted by atomic mass is 35.5. The fourth-order valence-corrected chi connectivity index (χ4v) is 8.63. The number of phenols is 2. The van der Waals surface area contributed by atoms with Crippen molar-refractivity contribution >= 4 is 64.8 Å². The third-order valence-electron chi connectivity index (χ3n) is 11.1. The molecule has 1 saturated heterocycles. The number of benzene rings is 2. The number of rotatable bonds is 30. The fraction of sp³-hybridized carbons (Fsp3) is 0.596. The number of hydrogen-bond acceptors (Lipinski definition) is 13. The Bertz CT molecular complexity index is 1980. The molecule has 0 aromatic heterocycles. The Hall–Kier alpha value is -5.15.